The molecule has 1 atom stereocenters. The van der Waals surface area contributed by atoms with Gasteiger partial charge >= 0.3 is 0 Å². The van der Waals surface area contributed by atoms with Gasteiger partial charge < -0.3 is 5.32 Å². The SMILES string of the molecule is CC(NC(=O)c1ccc(Cl)c(S(C)(=O)=O)c1)c1ncn[nH]1. The molecule has 0 bridgehead atoms. The average Bonchev–Trinajstić information content (AvgIpc) is 2.91. The molecule has 0 fully saturated rings. The number of nitrogens with zero attached hydrogens (tertiary/aromatic N) is 2. The van der Waals surface area contributed by atoms with Gasteiger partial charge in [0.1, 0.15) is 12.2 Å². The first-order valence-electron chi connectivity index (χ1n) is 5.95. The number of sulfone groups is 1. The van der Waals surface area contributed by atoms with Gasteiger partial charge in [-0.15, -0.1) is 0 Å². The van der Waals surface area contributed by atoms with E-state index >= 15 is 0 Å². The van der Waals surface area contributed by atoms with Crippen LogP contribution in [0.1, 0.15) is 29.1 Å². The zero-order valence-corrected chi connectivity index (χ0v) is 12.9. The van der Waals surface area contributed by atoms with Gasteiger partial charge in [0, 0.05) is 11.8 Å². The number of hydrogen-bond acceptors (Lipinski definition) is 5. The van der Waals surface area contributed by atoms with Crippen LogP contribution in [0.5, 0.6) is 0 Å². The smallest absolute Gasteiger partial charge is 0.251 e. The maximum Gasteiger partial charge on any atom is 0.251 e. The predicted octanol–water partition coefficient (Wildman–Crippen LogP) is 1.35. The van der Waals surface area contributed by atoms with Crippen LogP contribution >= 0.6 is 11.6 Å². The lowest BCUT2D eigenvalue weighted by molar-refractivity contribution is 0.0938. The molecule has 0 aliphatic rings. The molecule has 1 amide bonds. The van der Waals surface area contributed by atoms with E-state index in [4.69, 9.17) is 11.6 Å². The summed E-state index contributed by atoms with van der Waals surface area (Å²) in [5.41, 5.74) is 0.200. The molecule has 1 aromatic heterocycles. The normalized spacial score (nSPS) is 12.9. The number of nitrogens with one attached hydrogen (secondary N) is 2. The third-order valence-corrected chi connectivity index (χ3v) is 4.36. The predicted molar refractivity (Wildman–Crippen MR) is 76.8 cm³/mol. The Bertz CT molecular complexity index is 759. The molecule has 1 aromatic carbocycles. The lowest BCUT2D eigenvalue weighted by Gasteiger charge is -2.12. The highest BCUT2D eigenvalue weighted by molar-refractivity contribution is 7.90. The highest BCUT2D eigenvalue weighted by Crippen LogP contribution is 2.22. The average molecular weight is 329 g/mol. The van der Waals surface area contributed by atoms with Crippen molar-refractivity contribution in [3.63, 3.8) is 0 Å². The zero-order chi connectivity index (χ0) is 15.6. The minimum Gasteiger partial charge on any atom is -0.342 e. The van der Waals surface area contributed by atoms with Crippen molar-refractivity contribution in [1.29, 1.82) is 0 Å². The monoisotopic (exact) mass is 328 g/mol. The Labute approximate surface area is 126 Å². The van der Waals surface area contributed by atoms with E-state index in [1.54, 1.807) is 6.92 Å². The number of carbonyl (C=O) groups excluding carboxylic acids is 1. The lowest BCUT2D eigenvalue weighted by atomic mass is 10.2. The van der Waals surface area contributed by atoms with Gasteiger partial charge in [0.15, 0.2) is 9.84 Å². The molecule has 0 saturated heterocycles. The minimum atomic E-state index is -3.50. The summed E-state index contributed by atoms with van der Waals surface area (Å²) < 4.78 is 23.2. The van der Waals surface area contributed by atoms with Crippen LogP contribution in [0, 0.1) is 0 Å². The number of amides is 1. The first-order valence-corrected chi connectivity index (χ1v) is 8.21. The summed E-state index contributed by atoms with van der Waals surface area (Å²) >= 11 is 5.84. The highest BCUT2D eigenvalue weighted by atomic mass is 35.5. The number of hydrogen-bond donors (Lipinski definition) is 2. The van der Waals surface area contributed by atoms with Crippen LogP contribution in [-0.2, 0) is 9.84 Å². The summed E-state index contributed by atoms with van der Waals surface area (Å²) in [7, 11) is -3.50. The second kappa shape index (κ2) is 5.82. The number of carbonyl (C=O) groups is 1. The van der Waals surface area contributed by atoms with Gasteiger partial charge in [0.05, 0.1) is 16.0 Å². The zero-order valence-electron chi connectivity index (χ0n) is 11.3. The Balaban J connectivity index is 2.24. The van der Waals surface area contributed by atoms with Gasteiger partial charge in [-0.3, -0.25) is 9.89 Å². The summed E-state index contributed by atoms with van der Waals surface area (Å²) in [6.07, 6.45) is 2.37. The van der Waals surface area contributed by atoms with Crippen LogP contribution in [0.25, 0.3) is 0 Å². The van der Waals surface area contributed by atoms with Crippen LogP contribution in [0.15, 0.2) is 29.4 Å². The van der Waals surface area contributed by atoms with E-state index in [1.165, 1.54) is 24.5 Å². The molecule has 2 N–H and O–H groups in total. The molecule has 2 rings (SSSR count). The van der Waals surface area contributed by atoms with E-state index in [0.717, 1.165) is 6.26 Å². The van der Waals surface area contributed by atoms with E-state index < -0.39 is 21.8 Å². The van der Waals surface area contributed by atoms with Crippen molar-refractivity contribution in [3.8, 4) is 0 Å². The summed E-state index contributed by atoms with van der Waals surface area (Å²) in [6.45, 7) is 1.73. The van der Waals surface area contributed by atoms with Gasteiger partial charge in [-0.25, -0.2) is 13.4 Å². The quantitative estimate of drug-likeness (QED) is 0.881. The summed E-state index contributed by atoms with van der Waals surface area (Å²) in [5, 5.41) is 9.11. The molecule has 0 aliphatic heterocycles. The third kappa shape index (κ3) is 3.59. The Morgan fingerprint density at radius 1 is 1.43 bits per heavy atom. The largest absolute Gasteiger partial charge is 0.342 e. The second-order valence-corrected chi connectivity index (χ2v) is 6.87. The van der Waals surface area contributed by atoms with E-state index in [2.05, 4.69) is 20.5 Å². The second-order valence-electron chi connectivity index (χ2n) is 4.48. The van der Waals surface area contributed by atoms with Gasteiger partial charge in [-0.1, -0.05) is 11.6 Å². The highest BCUT2D eigenvalue weighted by Gasteiger charge is 2.18. The van der Waals surface area contributed by atoms with Crippen LogP contribution in [-0.4, -0.2) is 35.8 Å². The summed E-state index contributed by atoms with van der Waals surface area (Å²) in [4.78, 5) is 16.0. The topological polar surface area (TPSA) is 105 Å². The third-order valence-electron chi connectivity index (χ3n) is 2.78. The Kier molecular flexibility index (Phi) is 4.29. The Hall–Kier alpha value is -1.93. The van der Waals surface area contributed by atoms with Crippen molar-refractivity contribution >= 4 is 27.3 Å². The number of benzene rings is 1. The molecule has 112 valence electrons. The standard InChI is InChI=1S/C12H13ClN4O3S/c1-7(11-14-6-15-17-11)16-12(18)8-3-4-9(13)10(5-8)21(2,19)20/h3-7H,1-2H3,(H,16,18)(H,14,15,17). The molecule has 2 aromatic rings. The number of halogens is 1. The fourth-order valence-corrected chi connectivity index (χ4v) is 3.00. The summed E-state index contributed by atoms with van der Waals surface area (Å²) in [6, 6.07) is 3.70. The van der Waals surface area contributed by atoms with Crippen LogP contribution in [0.2, 0.25) is 5.02 Å². The molecule has 0 saturated carbocycles. The van der Waals surface area contributed by atoms with E-state index in [1.807, 2.05) is 0 Å². The molecule has 0 radical (unpaired) electrons. The van der Waals surface area contributed by atoms with Gasteiger partial charge in [-0.05, 0) is 25.1 Å². The van der Waals surface area contributed by atoms with Gasteiger partial charge in [0.25, 0.3) is 5.91 Å². The van der Waals surface area contributed by atoms with Crippen LogP contribution in [0.4, 0.5) is 0 Å². The maximum absolute atomic E-state index is 12.1. The molecule has 9 heteroatoms. The molecule has 1 heterocycles. The Morgan fingerprint density at radius 2 is 2.14 bits per heavy atom. The minimum absolute atomic E-state index is 0.0795. The molecule has 7 nitrogen and oxygen atoms in total. The van der Waals surface area contributed by atoms with Crippen molar-refractivity contribution in [3.05, 3.63) is 40.9 Å². The number of rotatable bonds is 4. The maximum atomic E-state index is 12.1. The lowest BCUT2D eigenvalue weighted by Crippen LogP contribution is -2.27. The van der Waals surface area contributed by atoms with E-state index in [9.17, 15) is 13.2 Å². The van der Waals surface area contributed by atoms with Gasteiger partial charge in [0.2, 0.25) is 0 Å². The molecule has 1 unspecified atom stereocenters. The fraction of sp³-hybridized carbons (Fsp3) is 0.250. The molecule has 0 spiro atoms. The van der Waals surface area contributed by atoms with Crippen LogP contribution < -0.4 is 5.32 Å². The number of aromatic nitrogens is 3. The Morgan fingerprint density at radius 3 is 2.71 bits per heavy atom. The van der Waals surface area contributed by atoms with Crippen molar-refractivity contribution in [2.75, 3.05) is 6.26 Å². The molecule has 21 heavy (non-hydrogen) atoms. The van der Waals surface area contributed by atoms with Crippen molar-refractivity contribution in [2.45, 2.75) is 17.9 Å². The first-order chi connectivity index (χ1) is 9.79. The van der Waals surface area contributed by atoms with Crippen LogP contribution in [0.3, 0.4) is 0 Å². The molecule has 0 aliphatic carbocycles. The van der Waals surface area contributed by atoms with Crippen molar-refractivity contribution < 1.29 is 13.2 Å². The summed E-state index contributed by atoms with van der Waals surface area (Å²) in [5.74, 6) is 0.0705. The van der Waals surface area contributed by atoms with Crippen molar-refractivity contribution in [1.82, 2.24) is 20.5 Å². The van der Waals surface area contributed by atoms with Gasteiger partial charge in [-0.2, -0.15) is 5.10 Å². The van der Waals surface area contributed by atoms with Crippen molar-refractivity contribution in [2.24, 2.45) is 0 Å². The van der Waals surface area contributed by atoms with E-state index in [-0.39, 0.29) is 15.5 Å². The number of aromatic amines is 1. The number of H-pyrrole nitrogens is 1. The molecular formula is C12H13ClN4O3S. The molecular weight excluding hydrogens is 316 g/mol. The first kappa shape index (κ1) is 15.5. The van der Waals surface area contributed by atoms with E-state index in [0.29, 0.717) is 5.82 Å². The fourth-order valence-electron chi connectivity index (χ4n) is 1.70.